The molecule has 0 radical (unpaired) electrons. The van der Waals surface area contributed by atoms with Crippen molar-refractivity contribution in [2.45, 2.75) is 64.2 Å². The highest BCUT2D eigenvalue weighted by atomic mass is 79.9. The van der Waals surface area contributed by atoms with Crippen LogP contribution in [0.1, 0.15) is 64.2 Å². The molecule has 24 heavy (non-hydrogen) atoms. The average molecular weight is 436 g/mol. The Kier molecular flexibility index (Phi) is 17.5. The predicted octanol–water partition coefficient (Wildman–Crippen LogP) is 0.570. The predicted molar refractivity (Wildman–Crippen MR) is 89.2 cm³/mol. The zero-order valence-electron chi connectivity index (χ0n) is 15.3. The summed E-state index contributed by atoms with van der Waals surface area (Å²) in [6, 6.07) is 0. The molecule has 0 saturated carbocycles. The van der Waals surface area contributed by atoms with Gasteiger partial charge in [-0.05, 0) is 12.8 Å². The number of halogens is 1. The summed E-state index contributed by atoms with van der Waals surface area (Å²) >= 11 is 0. The zero-order chi connectivity index (χ0) is 17.6. The Morgan fingerprint density at radius 2 is 1.04 bits per heavy atom. The summed E-state index contributed by atoms with van der Waals surface area (Å²) < 4.78 is 10.7. The van der Waals surface area contributed by atoms with Crippen molar-refractivity contribution in [1.82, 2.24) is 0 Å². The van der Waals surface area contributed by atoms with Crippen LogP contribution in [0.2, 0.25) is 0 Å². The number of quaternary nitrogens is 1. The van der Waals surface area contributed by atoms with Crippen LogP contribution in [0.25, 0.3) is 0 Å². The minimum atomic E-state index is -3.79. The third-order valence-corrected chi connectivity index (χ3v) is 4.86. The molecule has 0 saturated heterocycles. The second-order valence-electron chi connectivity index (χ2n) is 5.81. The molecule has 0 aromatic heterocycles. The Morgan fingerprint density at radius 3 is 1.38 bits per heavy atom. The van der Waals surface area contributed by atoms with Crippen molar-refractivity contribution in [1.29, 1.82) is 0 Å². The molecule has 0 aromatic rings. The lowest BCUT2D eigenvalue weighted by molar-refractivity contribution is -1.36. The van der Waals surface area contributed by atoms with Crippen LogP contribution >= 0.6 is 7.60 Å². The summed E-state index contributed by atoms with van der Waals surface area (Å²) in [7, 11) is 0.897. The van der Waals surface area contributed by atoms with Gasteiger partial charge >= 0.3 is 7.60 Å². The van der Waals surface area contributed by atoms with Crippen molar-refractivity contribution >= 4 is 7.60 Å². The first-order chi connectivity index (χ1) is 10.9. The maximum atomic E-state index is 10.7. The van der Waals surface area contributed by atoms with Crippen molar-refractivity contribution in [3.63, 3.8) is 0 Å². The van der Waals surface area contributed by atoms with Gasteiger partial charge in [-0.1, -0.05) is 44.9 Å². The molecule has 9 heteroatoms. The fraction of sp³-hybridized carbons (Fsp3) is 1.00. The van der Waals surface area contributed by atoms with Crippen LogP contribution in [0.3, 0.4) is 0 Å². The first kappa shape index (κ1) is 26.7. The van der Waals surface area contributed by atoms with Gasteiger partial charge in [0.2, 0.25) is 0 Å². The van der Waals surface area contributed by atoms with Gasteiger partial charge in [-0.15, -0.1) is 14.5 Å². The second-order valence-corrected chi connectivity index (χ2v) is 7.58. The molecule has 0 atom stereocenters. The van der Waals surface area contributed by atoms with Gasteiger partial charge in [0, 0.05) is 12.6 Å². The highest BCUT2D eigenvalue weighted by Crippen LogP contribution is 2.35. The second kappa shape index (κ2) is 15.7. The van der Waals surface area contributed by atoms with E-state index in [-0.39, 0.29) is 28.1 Å². The van der Waals surface area contributed by atoms with Crippen LogP contribution in [-0.2, 0) is 19.1 Å². The fourth-order valence-corrected chi connectivity index (χ4v) is 3.17. The summed E-state index contributed by atoms with van der Waals surface area (Å²) in [5.74, 6) is 0. The molecule has 0 unspecified atom stereocenters. The van der Waals surface area contributed by atoms with Gasteiger partial charge in [0.15, 0.2) is 6.54 Å². The van der Waals surface area contributed by atoms with Crippen LogP contribution in [0.4, 0.5) is 0 Å². The van der Waals surface area contributed by atoms with Gasteiger partial charge in [-0.3, -0.25) is 4.57 Å². The van der Waals surface area contributed by atoms with E-state index in [1.807, 2.05) is 0 Å². The summed E-state index contributed by atoms with van der Waals surface area (Å²) in [6.07, 6.45) is 10.7. The van der Waals surface area contributed by atoms with E-state index in [2.05, 4.69) is 0 Å². The molecule has 0 bridgehead atoms. The Hall–Kier alpha value is 0.470. The monoisotopic (exact) mass is 435 g/mol. The lowest BCUT2D eigenvalue weighted by Crippen LogP contribution is -3.00. The van der Waals surface area contributed by atoms with Crippen LogP contribution in [0.5, 0.6) is 0 Å². The summed E-state index contributed by atoms with van der Waals surface area (Å²) in [4.78, 5) is 32.8. The topological polar surface area (TPSA) is 85.2 Å². The van der Waals surface area contributed by atoms with Crippen LogP contribution < -0.4 is 17.0 Å². The Morgan fingerprint density at radius 1 is 0.708 bits per heavy atom. The standard InChI is InChI=1S/C15H34NO6P.BrH/c1-20-16(21-2,22-3)14-12-10-8-6-4-5-7-9-11-13-15-23(17,18)19;/h4-15H2,1-3H3,(H-,17,18,19);1H. The number of nitrogens with zero attached hydrogens (tertiary/aromatic N) is 1. The molecule has 0 fully saturated rings. The molecule has 0 spiro atoms. The van der Waals surface area contributed by atoms with Gasteiger partial charge in [0.1, 0.15) is 21.3 Å². The molecule has 0 aliphatic carbocycles. The Balaban J connectivity index is 0. The summed E-state index contributed by atoms with van der Waals surface area (Å²) in [5, 5.41) is 0. The quantitative estimate of drug-likeness (QED) is 0.159. The summed E-state index contributed by atoms with van der Waals surface area (Å²) in [6.45, 7) is 0.670. The van der Waals surface area contributed by atoms with Gasteiger partial charge in [-0.2, -0.15) is 0 Å². The van der Waals surface area contributed by atoms with E-state index in [1.165, 1.54) is 25.7 Å². The maximum Gasteiger partial charge on any atom is 0.325 e. The van der Waals surface area contributed by atoms with Crippen molar-refractivity contribution in [3.8, 4) is 0 Å². The van der Waals surface area contributed by atoms with Crippen molar-refractivity contribution in [2.75, 3.05) is 34.0 Å². The largest absolute Gasteiger partial charge is 1.00 e. The number of rotatable bonds is 16. The van der Waals surface area contributed by atoms with Crippen molar-refractivity contribution in [2.24, 2.45) is 0 Å². The number of hydrogen-bond donors (Lipinski definition) is 2. The molecular formula is C15H35BrNO6P. The molecule has 0 heterocycles. The number of unbranched alkanes of at least 4 members (excludes halogenated alkanes) is 9. The molecule has 7 nitrogen and oxygen atoms in total. The normalized spacial score (nSPS) is 12.2. The lowest BCUT2D eigenvalue weighted by atomic mass is 10.1. The molecule has 0 aliphatic rings. The van der Waals surface area contributed by atoms with Crippen LogP contribution in [0.15, 0.2) is 0 Å². The zero-order valence-corrected chi connectivity index (χ0v) is 17.8. The lowest BCUT2D eigenvalue weighted by Gasteiger charge is -2.24. The van der Waals surface area contributed by atoms with Gasteiger partial charge in [-0.25, -0.2) is 0 Å². The molecule has 0 rings (SSSR count). The highest BCUT2D eigenvalue weighted by molar-refractivity contribution is 7.51. The van der Waals surface area contributed by atoms with Crippen molar-refractivity contribution in [3.05, 3.63) is 0 Å². The van der Waals surface area contributed by atoms with E-state index < -0.39 is 7.60 Å². The molecule has 0 aliphatic heterocycles. The minimum absolute atomic E-state index is 0. The van der Waals surface area contributed by atoms with E-state index in [9.17, 15) is 4.57 Å². The Labute approximate surface area is 157 Å². The average Bonchev–Trinajstić information content (AvgIpc) is 2.52. The SMILES string of the molecule is CO[N+](CCCCCCCCCCCCP(=O)(O)O)(OC)OC.[Br-]. The van der Waals surface area contributed by atoms with Crippen LogP contribution in [0, 0.1) is 0 Å². The first-order valence-electron chi connectivity index (χ1n) is 8.49. The Bertz CT molecular complexity index is 317. The van der Waals surface area contributed by atoms with E-state index in [1.54, 1.807) is 21.3 Å². The molecule has 148 valence electrons. The minimum Gasteiger partial charge on any atom is -1.00 e. The third-order valence-electron chi connectivity index (χ3n) is 3.97. The first-order valence-corrected chi connectivity index (χ1v) is 10.3. The van der Waals surface area contributed by atoms with Crippen LogP contribution in [-0.4, -0.2) is 48.8 Å². The van der Waals surface area contributed by atoms with E-state index in [0.29, 0.717) is 13.0 Å². The highest BCUT2D eigenvalue weighted by Gasteiger charge is 2.29. The van der Waals surface area contributed by atoms with E-state index in [4.69, 9.17) is 24.3 Å². The van der Waals surface area contributed by atoms with Gasteiger partial charge in [0.05, 0.1) is 4.97 Å². The smallest absolute Gasteiger partial charge is 0.325 e. The summed E-state index contributed by atoms with van der Waals surface area (Å²) in [5.41, 5.74) is 0. The number of hydroxylamine groups is 3. The fourth-order valence-electron chi connectivity index (χ4n) is 2.53. The number of hydrogen-bond acceptors (Lipinski definition) is 4. The maximum absolute atomic E-state index is 10.7. The molecule has 2 N–H and O–H groups in total. The van der Waals surface area contributed by atoms with E-state index >= 15 is 0 Å². The molecule has 0 amide bonds. The van der Waals surface area contributed by atoms with Crippen molar-refractivity contribution < 1.29 is 50.8 Å². The van der Waals surface area contributed by atoms with E-state index in [0.717, 1.165) is 32.1 Å². The third kappa shape index (κ3) is 14.8. The molecule has 0 aromatic carbocycles. The van der Waals surface area contributed by atoms with Gasteiger partial charge in [0.25, 0.3) is 0 Å². The van der Waals surface area contributed by atoms with Gasteiger partial charge < -0.3 is 26.8 Å². The molecular weight excluding hydrogens is 401 g/mol.